The van der Waals surface area contributed by atoms with Crippen LogP contribution in [-0.4, -0.2) is 43.1 Å². The lowest BCUT2D eigenvalue weighted by Crippen LogP contribution is -2.49. The number of aryl methyl sites for hydroxylation is 1. The average Bonchev–Trinajstić information content (AvgIpc) is 3.29. The van der Waals surface area contributed by atoms with E-state index < -0.39 is 0 Å². The van der Waals surface area contributed by atoms with Gasteiger partial charge in [-0.1, -0.05) is 24.3 Å². The van der Waals surface area contributed by atoms with Crippen molar-refractivity contribution in [3.63, 3.8) is 0 Å². The maximum absolute atomic E-state index is 13.2. The van der Waals surface area contributed by atoms with Gasteiger partial charge in [-0.25, -0.2) is 0 Å². The Bertz CT molecular complexity index is 624. The largest absolute Gasteiger partial charge is 0.370 e. The fourth-order valence-corrected chi connectivity index (χ4v) is 4.57. The van der Waals surface area contributed by atoms with Crippen LogP contribution in [0.3, 0.4) is 0 Å². The monoisotopic (exact) mass is 328 g/mol. The molecule has 1 spiro atoms. The third-order valence-electron chi connectivity index (χ3n) is 6.34. The van der Waals surface area contributed by atoms with Crippen molar-refractivity contribution >= 4 is 5.91 Å². The molecule has 1 aromatic rings. The Labute approximate surface area is 144 Å². The molecule has 1 aromatic carbocycles. The molecular formula is C20H28N2O2. The highest BCUT2D eigenvalue weighted by Gasteiger charge is 2.59. The van der Waals surface area contributed by atoms with Crippen LogP contribution in [0.25, 0.3) is 0 Å². The molecule has 24 heavy (non-hydrogen) atoms. The zero-order chi connectivity index (χ0) is 16.7. The predicted molar refractivity (Wildman–Crippen MR) is 93.7 cm³/mol. The summed E-state index contributed by atoms with van der Waals surface area (Å²) in [7, 11) is 0. The van der Waals surface area contributed by atoms with Gasteiger partial charge in [-0.2, -0.15) is 0 Å². The van der Waals surface area contributed by atoms with E-state index in [0.29, 0.717) is 24.5 Å². The van der Waals surface area contributed by atoms with Crippen LogP contribution < -0.4 is 5.32 Å². The number of ether oxygens (including phenoxy) is 1. The van der Waals surface area contributed by atoms with Crippen LogP contribution in [0.1, 0.15) is 43.4 Å². The second-order valence-electron chi connectivity index (χ2n) is 7.89. The molecule has 4 heteroatoms. The lowest BCUT2D eigenvalue weighted by molar-refractivity contribution is -0.147. The van der Waals surface area contributed by atoms with Crippen LogP contribution >= 0.6 is 0 Å². The maximum Gasteiger partial charge on any atom is 0.226 e. The Kier molecular flexibility index (Phi) is 4.13. The predicted octanol–water partition coefficient (Wildman–Crippen LogP) is 2.67. The zero-order valence-corrected chi connectivity index (χ0v) is 14.8. The summed E-state index contributed by atoms with van der Waals surface area (Å²) < 4.78 is 6.07. The topological polar surface area (TPSA) is 41.6 Å². The molecule has 3 fully saturated rings. The SMILES string of the molecule is Cc1ccccc1[C@@H]1CN(C(=O)[C@@H]2CC23CCNCC3)[C@@H](C)CO1. The van der Waals surface area contributed by atoms with Gasteiger partial charge in [0, 0.05) is 5.92 Å². The highest BCUT2D eigenvalue weighted by Crippen LogP contribution is 2.59. The summed E-state index contributed by atoms with van der Waals surface area (Å²) >= 11 is 0. The average molecular weight is 328 g/mol. The number of nitrogens with zero attached hydrogens (tertiary/aromatic N) is 1. The second-order valence-corrected chi connectivity index (χ2v) is 7.89. The lowest BCUT2D eigenvalue weighted by atomic mass is 9.91. The Morgan fingerprint density at radius 2 is 2.04 bits per heavy atom. The molecule has 1 amide bonds. The zero-order valence-electron chi connectivity index (χ0n) is 14.8. The van der Waals surface area contributed by atoms with E-state index >= 15 is 0 Å². The van der Waals surface area contributed by atoms with E-state index in [9.17, 15) is 4.79 Å². The van der Waals surface area contributed by atoms with Crippen molar-refractivity contribution < 1.29 is 9.53 Å². The highest BCUT2D eigenvalue weighted by molar-refractivity contribution is 5.83. The van der Waals surface area contributed by atoms with Crippen molar-refractivity contribution in [1.29, 1.82) is 0 Å². The maximum atomic E-state index is 13.2. The van der Waals surface area contributed by atoms with Gasteiger partial charge in [0.25, 0.3) is 0 Å². The molecule has 0 unspecified atom stereocenters. The van der Waals surface area contributed by atoms with Crippen molar-refractivity contribution in [2.75, 3.05) is 26.2 Å². The Hall–Kier alpha value is -1.39. The minimum atomic E-state index is 0.00840. The van der Waals surface area contributed by atoms with Crippen LogP contribution in [0.5, 0.6) is 0 Å². The number of carbonyl (C=O) groups excluding carboxylic acids is 1. The summed E-state index contributed by atoms with van der Waals surface area (Å²) in [6.07, 6.45) is 3.41. The molecule has 3 atom stereocenters. The van der Waals surface area contributed by atoms with Crippen molar-refractivity contribution in [2.24, 2.45) is 11.3 Å². The van der Waals surface area contributed by atoms with Crippen LogP contribution in [0.4, 0.5) is 0 Å². The molecular weight excluding hydrogens is 300 g/mol. The molecule has 2 heterocycles. The van der Waals surface area contributed by atoms with Gasteiger partial charge in [0.05, 0.1) is 19.2 Å². The lowest BCUT2D eigenvalue weighted by Gasteiger charge is -2.39. The number of hydrogen-bond donors (Lipinski definition) is 1. The summed E-state index contributed by atoms with van der Waals surface area (Å²) in [5, 5.41) is 3.42. The molecule has 0 bridgehead atoms. The first-order valence-corrected chi connectivity index (χ1v) is 9.29. The molecule has 1 saturated carbocycles. The molecule has 4 rings (SSSR count). The van der Waals surface area contributed by atoms with Crippen LogP contribution in [0.2, 0.25) is 0 Å². The van der Waals surface area contributed by atoms with E-state index in [0.717, 1.165) is 32.4 Å². The van der Waals surface area contributed by atoms with E-state index in [1.165, 1.54) is 11.1 Å². The second kappa shape index (κ2) is 6.16. The Morgan fingerprint density at radius 1 is 1.29 bits per heavy atom. The minimum Gasteiger partial charge on any atom is -0.370 e. The summed E-state index contributed by atoms with van der Waals surface area (Å²) in [5.74, 6) is 0.615. The smallest absolute Gasteiger partial charge is 0.226 e. The number of amides is 1. The first kappa shape index (κ1) is 16.1. The minimum absolute atomic E-state index is 0.00840. The van der Waals surface area contributed by atoms with Gasteiger partial charge in [-0.3, -0.25) is 4.79 Å². The van der Waals surface area contributed by atoms with Crippen LogP contribution in [-0.2, 0) is 9.53 Å². The van der Waals surface area contributed by atoms with Crippen molar-refractivity contribution in [1.82, 2.24) is 10.2 Å². The molecule has 3 aliphatic rings. The van der Waals surface area contributed by atoms with E-state index in [2.05, 4.69) is 48.3 Å². The third-order valence-corrected chi connectivity index (χ3v) is 6.34. The van der Waals surface area contributed by atoms with E-state index in [1.54, 1.807) is 0 Å². The van der Waals surface area contributed by atoms with Gasteiger partial charge in [0.1, 0.15) is 6.10 Å². The number of morpholine rings is 1. The fraction of sp³-hybridized carbons (Fsp3) is 0.650. The van der Waals surface area contributed by atoms with E-state index in [1.807, 2.05) is 0 Å². The molecule has 0 radical (unpaired) electrons. The van der Waals surface area contributed by atoms with Crippen LogP contribution in [0.15, 0.2) is 24.3 Å². The number of benzene rings is 1. The first-order valence-electron chi connectivity index (χ1n) is 9.29. The van der Waals surface area contributed by atoms with Crippen LogP contribution in [0, 0.1) is 18.3 Å². The number of carbonyl (C=O) groups is 1. The van der Waals surface area contributed by atoms with E-state index in [-0.39, 0.29) is 18.1 Å². The summed E-state index contributed by atoms with van der Waals surface area (Å²) in [4.78, 5) is 15.3. The molecule has 2 saturated heterocycles. The van der Waals surface area contributed by atoms with Crippen molar-refractivity contribution in [3.8, 4) is 0 Å². The highest BCUT2D eigenvalue weighted by atomic mass is 16.5. The Balaban J connectivity index is 1.48. The fourth-order valence-electron chi connectivity index (χ4n) is 4.57. The molecule has 1 aliphatic carbocycles. The third kappa shape index (κ3) is 2.76. The number of hydrogen-bond acceptors (Lipinski definition) is 3. The number of piperidine rings is 1. The number of rotatable bonds is 2. The van der Waals surface area contributed by atoms with Gasteiger partial charge in [0.15, 0.2) is 0 Å². The molecule has 2 aliphatic heterocycles. The van der Waals surface area contributed by atoms with Gasteiger partial charge in [-0.05, 0) is 62.7 Å². The summed E-state index contributed by atoms with van der Waals surface area (Å²) in [6, 6.07) is 8.54. The Morgan fingerprint density at radius 3 is 2.79 bits per heavy atom. The first-order chi connectivity index (χ1) is 11.6. The summed E-state index contributed by atoms with van der Waals surface area (Å²) in [5.41, 5.74) is 2.76. The van der Waals surface area contributed by atoms with Gasteiger partial charge >= 0.3 is 0 Å². The van der Waals surface area contributed by atoms with Gasteiger partial charge in [-0.15, -0.1) is 0 Å². The standard InChI is InChI=1S/C20H28N2O2/c1-14-5-3-4-6-16(14)18-12-22(15(2)13-24-18)19(23)17-11-20(17)7-9-21-10-8-20/h3-6,15,17-18,21H,7-13H2,1-2H3/t15-,17-,18-/m0/s1. The molecule has 1 N–H and O–H groups in total. The molecule has 4 nitrogen and oxygen atoms in total. The quantitative estimate of drug-likeness (QED) is 0.907. The van der Waals surface area contributed by atoms with Gasteiger partial charge in [0.2, 0.25) is 5.91 Å². The molecule has 0 aromatic heterocycles. The summed E-state index contributed by atoms with van der Waals surface area (Å²) in [6.45, 7) is 7.68. The molecule has 130 valence electrons. The normalized spacial score (nSPS) is 31.9. The number of nitrogens with one attached hydrogen (secondary N) is 1. The van der Waals surface area contributed by atoms with Crippen molar-refractivity contribution in [3.05, 3.63) is 35.4 Å². The van der Waals surface area contributed by atoms with Gasteiger partial charge < -0.3 is 15.0 Å². The van der Waals surface area contributed by atoms with E-state index in [4.69, 9.17) is 4.74 Å². The van der Waals surface area contributed by atoms with Crippen molar-refractivity contribution in [2.45, 2.75) is 45.3 Å².